The zero-order chi connectivity index (χ0) is 23.8. The predicted octanol–water partition coefficient (Wildman–Crippen LogP) is 2.40. The molecule has 180 valence electrons. The number of ether oxygens (including phenoxy) is 1. The van der Waals surface area contributed by atoms with Crippen molar-refractivity contribution in [3.63, 3.8) is 0 Å². The van der Waals surface area contributed by atoms with Crippen molar-refractivity contribution in [2.45, 2.75) is 76.1 Å². The maximum Gasteiger partial charge on any atom is 0.224 e. The van der Waals surface area contributed by atoms with Crippen LogP contribution in [-0.4, -0.2) is 60.2 Å². The maximum atomic E-state index is 13.1. The van der Waals surface area contributed by atoms with Gasteiger partial charge < -0.3 is 25.6 Å². The Bertz CT molecular complexity index is 913. The van der Waals surface area contributed by atoms with E-state index < -0.39 is 0 Å². The number of carbonyl (C=O) groups excluding carboxylic acids is 2. The lowest BCUT2D eigenvalue weighted by Gasteiger charge is -2.44. The second kappa shape index (κ2) is 9.58. The molecule has 2 aliphatic heterocycles. The molecular weight excluding hydrogens is 436 g/mol. The first kappa shape index (κ1) is 24.0. The van der Waals surface area contributed by atoms with Gasteiger partial charge in [-0.3, -0.25) is 9.59 Å². The molecule has 2 saturated heterocycles. The van der Waals surface area contributed by atoms with Crippen LogP contribution in [0.3, 0.4) is 0 Å². The SMILES string of the molecule is CO[C@H]1[C@H](NC(=O)C(C)C)c2ccccc2C12CCN(C(=O)C[C@@H]1C[C@@H](C)NC(=S)N1)CC2. The van der Waals surface area contributed by atoms with E-state index in [1.807, 2.05) is 24.8 Å². The summed E-state index contributed by atoms with van der Waals surface area (Å²) in [5.74, 6) is 0.108. The molecule has 1 aliphatic carbocycles. The van der Waals surface area contributed by atoms with E-state index in [-0.39, 0.29) is 47.4 Å². The van der Waals surface area contributed by atoms with Crippen LogP contribution in [0.25, 0.3) is 0 Å². The summed E-state index contributed by atoms with van der Waals surface area (Å²) in [5.41, 5.74) is 2.18. The molecule has 1 aromatic rings. The second-order valence-corrected chi connectivity index (χ2v) is 10.5. The number of rotatable bonds is 5. The van der Waals surface area contributed by atoms with E-state index in [0.717, 1.165) is 24.8 Å². The van der Waals surface area contributed by atoms with Crippen LogP contribution >= 0.6 is 12.2 Å². The van der Waals surface area contributed by atoms with Gasteiger partial charge in [0.25, 0.3) is 0 Å². The number of fused-ring (bicyclic) bond motifs is 2. The third kappa shape index (κ3) is 4.60. The molecule has 0 aromatic heterocycles. The van der Waals surface area contributed by atoms with Crippen LogP contribution < -0.4 is 16.0 Å². The van der Waals surface area contributed by atoms with Crippen LogP contribution in [0, 0.1) is 5.92 Å². The van der Waals surface area contributed by atoms with E-state index in [9.17, 15) is 9.59 Å². The topological polar surface area (TPSA) is 82.7 Å². The van der Waals surface area contributed by atoms with Crippen molar-refractivity contribution in [1.29, 1.82) is 0 Å². The zero-order valence-electron chi connectivity index (χ0n) is 20.0. The number of amides is 2. The number of benzene rings is 1. The highest BCUT2D eigenvalue weighted by Crippen LogP contribution is 2.52. The van der Waals surface area contributed by atoms with Gasteiger partial charge in [-0.25, -0.2) is 0 Å². The van der Waals surface area contributed by atoms with E-state index in [2.05, 4.69) is 41.1 Å². The molecule has 0 bridgehead atoms. The van der Waals surface area contributed by atoms with Crippen LogP contribution in [0.15, 0.2) is 24.3 Å². The molecule has 0 radical (unpaired) electrons. The molecule has 2 amide bonds. The Morgan fingerprint density at radius 2 is 1.94 bits per heavy atom. The summed E-state index contributed by atoms with van der Waals surface area (Å²) in [7, 11) is 1.73. The molecule has 1 aromatic carbocycles. The highest BCUT2D eigenvalue weighted by Gasteiger charge is 2.54. The number of hydrogen-bond donors (Lipinski definition) is 3. The molecule has 2 fully saturated rings. The van der Waals surface area contributed by atoms with Gasteiger partial charge in [0.15, 0.2) is 5.11 Å². The van der Waals surface area contributed by atoms with Crippen molar-refractivity contribution in [2.24, 2.45) is 5.92 Å². The molecule has 1 spiro atoms. The second-order valence-electron chi connectivity index (χ2n) is 10.1. The van der Waals surface area contributed by atoms with Crippen molar-refractivity contribution in [3.05, 3.63) is 35.4 Å². The summed E-state index contributed by atoms with van der Waals surface area (Å²) in [6.07, 6.45) is 2.81. The molecule has 0 saturated carbocycles. The minimum Gasteiger partial charge on any atom is -0.378 e. The van der Waals surface area contributed by atoms with Crippen molar-refractivity contribution in [2.75, 3.05) is 20.2 Å². The molecule has 4 rings (SSSR count). The molecule has 2 heterocycles. The summed E-state index contributed by atoms with van der Waals surface area (Å²) in [6, 6.07) is 8.53. The fourth-order valence-corrected chi connectivity index (χ4v) is 6.24. The Balaban J connectivity index is 1.48. The van der Waals surface area contributed by atoms with Crippen LogP contribution in [0.2, 0.25) is 0 Å². The molecular formula is C25H36N4O3S. The number of nitrogens with one attached hydrogen (secondary N) is 3. The normalized spacial score (nSPS) is 28.3. The van der Waals surface area contributed by atoms with Gasteiger partial charge in [-0.05, 0) is 49.5 Å². The lowest BCUT2D eigenvalue weighted by molar-refractivity contribution is -0.134. The third-order valence-electron chi connectivity index (χ3n) is 7.54. The van der Waals surface area contributed by atoms with Crippen molar-refractivity contribution in [3.8, 4) is 0 Å². The van der Waals surface area contributed by atoms with Crippen LogP contribution in [0.4, 0.5) is 0 Å². The number of likely N-dealkylation sites (tertiary alicyclic amines) is 1. The van der Waals surface area contributed by atoms with Gasteiger partial charge in [-0.15, -0.1) is 0 Å². The zero-order valence-corrected chi connectivity index (χ0v) is 20.8. The van der Waals surface area contributed by atoms with Gasteiger partial charge in [-0.2, -0.15) is 0 Å². The van der Waals surface area contributed by atoms with Gasteiger partial charge in [0.2, 0.25) is 11.8 Å². The average Bonchev–Trinajstić information content (AvgIpc) is 3.02. The Labute approximate surface area is 202 Å². The largest absolute Gasteiger partial charge is 0.378 e. The number of methoxy groups -OCH3 is 1. The van der Waals surface area contributed by atoms with Crippen molar-refractivity contribution >= 4 is 29.1 Å². The summed E-state index contributed by atoms with van der Waals surface area (Å²) in [6.45, 7) is 7.27. The fraction of sp³-hybridized carbons (Fsp3) is 0.640. The predicted molar refractivity (Wildman–Crippen MR) is 132 cm³/mol. The van der Waals surface area contributed by atoms with Gasteiger partial charge in [0.05, 0.1) is 12.1 Å². The number of thiocarbonyl (C=S) groups is 1. The standard InChI is InChI=1S/C25H36N4O3S/c1-15(2)23(31)28-21-18-7-5-6-8-19(18)25(22(21)32-4)9-11-29(12-10-25)20(30)14-17-13-16(3)26-24(33)27-17/h5-8,15-17,21-22H,9-14H2,1-4H3,(H,28,31)(H2,26,27,33)/t16-,17+,21-,22+/m1/s1. The maximum absolute atomic E-state index is 13.1. The quantitative estimate of drug-likeness (QED) is 0.571. The summed E-state index contributed by atoms with van der Waals surface area (Å²) >= 11 is 5.27. The van der Waals surface area contributed by atoms with E-state index in [1.165, 1.54) is 5.56 Å². The van der Waals surface area contributed by atoms with E-state index in [0.29, 0.717) is 24.6 Å². The number of hydrogen-bond acceptors (Lipinski definition) is 4. The lowest BCUT2D eigenvalue weighted by atomic mass is 9.71. The van der Waals surface area contributed by atoms with E-state index in [4.69, 9.17) is 17.0 Å². The van der Waals surface area contributed by atoms with Crippen molar-refractivity contribution in [1.82, 2.24) is 20.9 Å². The lowest BCUT2D eigenvalue weighted by Crippen LogP contribution is -2.55. The fourth-order valence-electron chi connectivity index (χ4n) is 5.87. The highest BCUT2D eigenvalue weighted by molar-refractivity contribution is 7.80. The first-order valence-corrected chi connectivity index (χ1v) is 12.4. The first-order chi connectivity index (χ1) is 15.7. The monoisotopic (exact) mass is 472 g/mol. The number of nitrogens with zero attached hydrogens (tertiary/aromatic N) is 1. The molecule has 8 heteroatoms. The summed E-state index contributed by atoms with van der Waals surface area (Å²) in [5, 5.41) is 10.3. The Morgan fingerprint density at radius 1 is 1.24 bits per heavy atom. The molecule has 33 heavy (non-hydrogen) atoms. The van der Waals surface area contributed by atoms with Gasteiger partial charge in [0, 0.05) is 50.0 Å². The minimum absolute atomic E-state index is 0.0307. The molecule has 3 N–H and O–H groups in total. The number of piperidine rings is 1. The average molecular weight is 473 g/mol. The Hall–Kier alpha value is -2.19. The Kier molecular flexibility index (Phi) is 6.96. The molecule has 7 nitrogen and oxygen atoms in total. The van der Waals surface area contributed by atoms with Crippen LogP contribution in [0.1, 0.15) is 63.6 Å². The van der Waals surface area contributed by atoms with Crippen LogP contribution in [-0.2, 0) is 19.7 Å². The highest BCUT2D eigenvalue weighted by atomic mass is 32.1. The number of carbonyl (C=O) groups is 2. The molecule has 3 aliphatic rings. The Morgan fingerprint density at radius 3 is 2.58 bits per heavy atom. The van der Waals surface area contributed by atoms with Gasteiger partial charge in [0.1, 0.15) is 0 Å². The van der Waals surface area contributed by atoms with E-state index >= 15 is 0 Å². The molecule has 0 unspecified atom stereocenters. The summed E-state index contributed by atoms with van der Waals surface area (Å²) < 4.78 is 6.07. The van der Waals surface area contributed by atoms with Crippen LogP contribution in [0.5, 0.6) is 0 Å². The summed E-state index contributed by atoms with van der Waals surface area (Å²) in [4.78, 5) is 27.7. The van der Waals surface area contributed by atoms with Crippen molar-refractivity contribution < 1.29 is 14.3 Å². The molecule has 4 atom stereocenters. The first-order valence-electron chi connectivity index (χ1n) is 12.0. The third-order valence-corrected chi connectivity index (χ3v) is 7.77. The van der Waals surface area contributed by atoms with E-state index in [1.54, 1.807) is 7.11 Å². The smallest absolute Gasteiger partial charge is 0.224 e. The van der Waals surface area contributed by atoms with Gasteiger partial charge in [-0.1, -0.05) is 38.1 Å². The van der Waals surface area contributed by atoms with Gasteiger partial charge >= 0.3 is 0 Å². The minimum atomic E-state index is -0.208.